The average molecular weight is 376 g/mol. The van der Waals surface area contributed by atoms with Gasteiger partial charge < -0.3 is 11.1 Å². The summed E-state index contributed by atoms with van der Waals surface area (Å²) >= 11 is 7.36. The third-order valence-corrected chi connectivity index (χ3v) is 5.01. The maximum Gasteiger partial charge on any atom is 0.230 e. The predicted molar refractivity (Wildman–Crippen MR) is 93.1 cm³/mol. The average Bonchev–Trinajstić information content (AvgIpc) is 2.84. The standard InChI is InChI=1S/C15H15ClFN3OS.ClH/c16-10-2-1-3-11(17)9(10)7-14(21)20-15-19-12-5-4-8(18)6-13(12)22-15;/h1-3,8H,4-7,18H2,(H,19,20,21);1H/t8-;/m0./s1. The summed E-state index contributed by atoms with van der Waals surface area (Å²) in [5.74, 6) is -0.811. The number of carbonyl (C=O) groups is 1. The maximum atomic E-state index is 13.7. The number of halogens is 3. The third-order valence-electron chi connectivity index (χ3n) is 3.62. The zero-order chi connectivity index (χ0) is 15.7. The molecule has 1 aliphatic carbocycles. The zero-order valence-electron chi connectivity index (χ0n) is 12.1. The number of nitrogens with one attached hydrogen (secondary N) is 1. The lowest BCUT2D eigenvalue weighted by Gasteiger charge is -2.15. The minimum Gasteiger partial charge on any atom is -0.327 e. The number of nitrogens with two attached hydrogens (primary N) is 1. The first-order valence-electron chi connectivity index (χ1n) is 7.00. The van der Waals surface area contributed by atoms with E-state index in [1.54, 1.807) is 6.07 Å². The minimum absolute atomic E-state index is 0. The van der Waals surface area contributed by atoms with Crippen LogP contribution in [0.1, 0.15) is 22.6 Å². The Bertz CT molecular complexity index is 702. The number of benzene rings is 1. The summed E-state index contributed by atoms with van der Waals surface area (Å²) in [7, 11) is 0. The Kier molecular flexibility index (Phi) is 5.97. The number of aromatic nitrogens is 1. The van der Waals surface area contributed by atoms with Gasteiger partial charge in [-0.3, -0.25) is 4.79 Å². The summed E-state index contributed by atoms with van der Waals surface area (Å²) in [5, 5.41) is 3.51. The van der Waals surface area contributed by atoms with Gasteiger partial charge in [-0.2, -0.15) is 0 Å². The molecule has 1 aromatic carbocycles. The zero-order valence-corrected chi connectivity index (χ0v) is 14.5. The summed E-state index contributed by atoms with van der Waals surface area (Å²) in [6, 6.07) is 4.53. The number of hydrogen-bond donors (Lipinski definition) is 2. The summed E-state index contributed by atoms with van der Waals surface area (Å²) < 4.78 is 13.7. The summed E-state index contributed by atoms with van der Waals surface area (Å²) in [4.78, 5) is 17.6. The number of aryl methyl sites for hydroxylation is 1. The molecule has 1 atom stereocenters. The van der Waals surface area contributed by atoms with Gasteiger partial charge in [0.2, 0.25) is 5.91 Å². The van der Waals surface area contributed by atoms with Gasteiger partial charge in [-0.25, -0.2) is 9.37 Å². The lowest BCUT2D eigenvalue weighted by Crippen LogP contribution is -2.27. The highest BCUT2D eigenvalue weighted by Crippen LogP contribution is 2.29. The first-order chi connectivity index (χ1) is 10.5. The highest BCUT2D eigenvalue weighted by atomic mass is 35.5. The largest absolute Gasteiger partial charge is 0.327 e. The number of rotatable bonds is 3. The molecule has 3 N–H and O–H groups in total. The van der Waals surface area contributed by atoms with Gasteiger partial charge in [-0.15, -0.1) is 23.7 Å². The smallest absolute Gasteiger partial charge is 0.230 e. The van der Waals surface area contributed by atoms with Crippen molar-refractivity contribution in [1.82, 2.24) is 4.98 Å². The molecule has 1 aromatic heterocycles. The molecule has 0 saturated heterocycles. The fourth-order valence-electron chi connectivity index (χ4n) is 2.48. The SMILES string of the molecule is Cl.N[C@H]1CCc2nc(NC(=O)Cc3c(F)cccc3Cl)sc2C1. The summed E-state index contributed by atoms with van der Waals surface area (Å²) in [6.45, 7) is 0. The molecule has 0 fully saturated rings. The van der Waals surface area contributed by atoms with E-state index in [9.17, 15) is 9.18 Å². The minimum atomic E-state index is -0.480. The maximum absolute atomic E-state index is 13.7. The monoisotopic (exact) mass is 375 g/mol. The van der Waals surface area contributed by atoms with Gasteiger partial charge in [0.25, 0.3) is 0 Å². The Morgan fingerprint density at radius 2 is 2.30 bits per heavy atom. The molecule has 124 valence electrons. The van der Waals surface area contributed by atoms with Crippen LogP contribution in [0, 0.1) is 5.82 Å². The van der Waals surface area contributed by atoms with Gasteiger partial charge in [0.15, 0.2) is 5.13 Å². The quantitative estimate of drug-likeness (QED) is 0.863. The van der Waals surface area contributed by atoms with Crippen LogP contribution in [-0.2, 0) is 24.1 Å². The highest BCUT2D eigenvalue weighted by molar-refractivity contribution is 7.15. The Balaban J connectivity index is 0.00000192. The van der Waals surface area contributed by atoms with Crippen LogP contribution in [0.2, 0.25) is 5.02 Å². The molecular weight excluding hydrogens is 360 g/mol. The third kappa shape index (κ3) is 4.20. The van der Waals surface area contributed by atoms with E-state index in [-0.39, 0.29) is 41.4 Å². The second kappa shape index (κ2) is 7.57. The van der Waals surface area contributed by atoms with E-state index < -0.39 is 5.82 Å². The van der Waals surface area contributed by atoms with Gasteiger partial charge >= 0.3 is 0 Å². The van der Waals surface area contributed by atoms with Gasteiger partial charge in [0.05, 0.1) is 12.1 Å². The van der Waals surface area contributed by atoms with Crippen molar-refractivity contribution < 1.29 is 9.18 Å². The van der Waals surface area contributed by atoms with Crippen molar-refractivity contribution in [3.8, 4) is 0 Å². The number of carbonyl (C=O) groups excluding carboxylic acids is 1. The fraction of sp³-hybridized carbons (Fsp3) is 0.333. The first-order valence-corrected chi connectivity index (χ1v) is 8.19. The number of amides is 1. The number of anilines is 1. The highest BCUT2D eigenvalue weighted by Gasteiger charge is 2.21. The van der Waals surface area contributed by atoms with Gasteiger partial charge in [-0.05, 0) is 31.4 Å². The van der Waals surface area contributed by atoms with Crippen LogP contribution in [0.15, 0.2) is 18.2 Å². The van der Waals surface area contributed by atoms with E-state index in [0.29, 0.717) is 5.13 Å². The van der Waals surface area contributed by atoms with E-state index in [1.807, 2.05) is 0 Å². The lowest BCUT2D eigenvalue weighted by atomic mass is 9.99. The van der Waals surface area contributed by atoms with E-state index >= 15 is 0 Å². The van der Waals surface area contributed by atoms with Crippen LogP contribution in [0.25, 0.3) is 0 Å². The predicted octanol–water partition coefficient (Wildman–Crippen LogP) is 3.35. The number of hydrogen-bond acceptors (Lipinski definition) is 4. The normalized spacial score (nSPS) is 16.4. The van der Waals surface area contributed by atoms with E-state index in [4.69, 9.17) is 17.3 Å². The number of fused-ring (bicyclic) bond motifs is 1. The van der Waals surface area contributed by atoms with Crippen LogP contribution >= 0.6 is 35.3 Å². The second-order valence-electron chi connectivity index (χ2n) is 5.32. The van der Waals surface area contributed by atoms with Gasteiger partial charge in [-0.1, -0.05) is 17.7 Å². The number of thiazole rings is 1. The fourth-order valence-corrected chi connectivity index (χ4v) is 3.83. The molecule has 3 rings (SSSR count). The summed E-state index contributed by atoms with van der Waals surface area (Å²) in [6.07, 6.45) is 2.42. The molecule has 2 aromatic rings. The van der Waals surface area contributed by atoms with Crippen LogP contribution in [-0.4, -0.2) is 16.9 Å². The molecule has 0 aliphatic heterocycles. The molecule has 23 heavy (non-hydrogen) atoms. The van der Waals surface area contributed by atoms with Crippen LogP contribution < -0.4 is 11.1 Å². The lowest BCUT2D eigenvalue weighted by molar-refractivity contribution is -0.115. The molecule has 1 aliphatic rings. The Hall–Kier alpha value is -1.21. The molecule has 0 saturated carbocycles. The second-order valence-corrected chi connectivity index (χ2v) is 6.81. The molecule has 4 nitrogen and oxygen atoms in total. The van der Waals surface area contributed by atoms with Gasteiger partial charge in [0.1, 0.15) is 5.82 Å². The van der Waals surface area contributed by atoms with E-state index in [2.05, 4.69) is 10.3 Å². The molecule has 8 heteroatoms. The molecule has 0 radical (unpaired) electrons. The molecule has 1 amide bonds. The number of nitrogens with zero attached hydrogens (tertiary/aromatic N) is 1. The molecular formula is C15H16Cl2FN3OS. The molecule has 0 bridgehead atoms. The topological polar surface area (TPSA) is 68.0 Å². The van der Waals surface area contributed by atoms with Crippen molar-refractivity contribution >= 4 is 46.4 Å². The van der Waals surface area contributed by atoms with Crippen molar-refractivity contribution in [2.45, 2.75) is 31.7 Å². The molecule has 0 spiro atoms. The Morgan fingerprint density at radius 3 is 3.04 bits per heavy atom. The first kappa shape index (κ1) is 18.1. The van der Waals surface area contributed by atoms with Crippen molar-refractivity contribution in [2.24, 2.45) is 5.73 Å². The van der Waals surface area contributed by atoms with E-state index in [1.165, 1.54) is 23.5 Å². The summed E-state index contributed by atoms with van der Waals surface area (Å²) in [5.41, 5.74) is 7.14. The van der Waals surface area contributed by atoms with Crippen molar-refractivity contribution in [3.05, 3.63) is 45.2 Å². The van der Waals surface area contributed by atoms with Crippen LogP contribution in [0.4, 0.5) is 9.52 Å². The van der Waals surface area contributed by atoms with Crippen molar-refractivity contribution in [2.75, 3.05) is 5.32 Å². The Labute approximate surface area is 148 Å². The van der Waals surface area contributed by atoms with E-state index in [0.717, 1.165) is 29.8 Å². The Morgan fingerprint density at radius 1 is 1.52 bits per heavy atom. The van der Waals surface area contributed by atoms with Gasteiger partial charge in [0, 0.05) is 21.5 Å². The molecule has 1 heterocycles. The van der Waals surface area contributed by atoms with Crippen molar-refractivity contribution in [1.29, 1.82) is 0 Å². The molecule has 0 unspecified atom stereocenters. The van der Waals surface area contributed by atoms with Crippen LogP contribution in [0.3, 0.4) is 0 Å². The van der Waals surface area contributed by atoms with Crippen LogP contribution in [0.5, 0.6) is 0 Å². The van der Waals surface area contributed by atoms with Crippen molar-refractivity contribution in [3.63, 3.8) is 0 Å².